The van der Waals surface area contributed by atoms with Gasteiger partial charge in [-0.2, -0.15) is 4.31 Å². The second-order valence-electron chi connectivity index (χ2n) is 6.10. The van der Waals surface area contributed by atoms with Crippen LogP contribution in [0.2, 0.25) is 0 Å². The van der Waals surface area contributed by atoms with Crippen LogP contribution < -0.4 is 10.1 Å². The molecule has 1 amide bonds. The summed E-state index contributed by atoms with van der Waals surface area (Å²) in [5, 5.41) is 4.60. The van der Waals surface area contributed by atoms with Gasteiger partial charge in [0.25, 0.3) is 10.0 Å². The highest BCUT2D eigenvalue weighted by Gasteiger charge is 2.39. The third kappa shape index (κ3) is 4.08. The highest BCUT2D eigenvalue weighted by Crippen LogP contribution is 2.28. The SMILES string of the molecule is COc1cccc(CCNC(=O)C2CCCN2S(=O)(=O)c2cccs2)c1. The Balaban J connectivity index is 1.60. The molecule has 1 aliphatic heterocycles. The van der Waals surface area contributed by atoms with Gasteiger partial charge in [0.15, 0.2) is 0 Å². The molecule has 26 heavy (non-hydrogen) atoms. The van der Waals surface area contributed by atoms with Crippen molar-refractivity contribution in [3.8, 4) is 5.75 Å². The number of sulfonamides is 1. The van der Waals surface area contributed by atoms with Crippen LogP contribution in [0.1, 0.15) is 18.4 Å². The molecule has 2 heterocycles. The maximum Gasteiger partial charge on any atom is 0.253 e. The van der Waals surface area contributed by atoms with E-state index in [1.54, 1.807) is 24.6 Å². The fourth-order valence-electron chi connectivity index (χ4n) is 3.09. The number of carbonyl (C=O) groups is 1. The van der Waals surface area contributed by atoms with Crippen molar-refractivity contribution >= 4 is 27.3 Å². The average Bonchev–Trinajstić information content (AvgIpc) is 3.34. The molecule has 0 bridgehead atoms. The van der Waals surface area contributed by atoms with E-state index < -0.39 is 16.1 Å². The first kappa shape index (κ1) is 18.9. The first-order chi connectivity index (χ1) is 12.5. The summed E-state index contributed by atoms with van der Waals surface area (Å²) < 4.78 is 32.2. The van der Waals surface area contributed by atoms with Crippen LogP contribution in [0.25, 0.3) is 0 Å². The average molecular weight is 395 g/mol. The summed E-state index contributed by atoms with van der Waals surface area (Å²) >= 11 is 1.18. The van der Waals surface area contributed by atoms with Gasteiger partial charge in [0.1, 0.15) is 16.0 Å². The van der Waals surface area contributed by atoms with Gasteiger partial charge in [-0.1, -0.05) is 18.2 Å². The number of benzene rings is 1. The second kappa shape index (κ2) is 8.20. The molecule has 0 radical (unpaired) electrons. The number of ether oxygens (including phenoxy) is 1. The third-order valence-electron chi connectivity index (χ3n) is 4.41. The number of nitrogens with zero attached hydrogens (tertiary/aromatic N) is 1. The van der Waals surface area contributed by atoms with Gasteiger partial charge in [-0.15, -0.1) is 11.3 Å². The lowest BCUT2D eigenvalue weighted by atomic mass is 10.1. The molecular formula is C18H22N2O4S2. The smallest absolute Gasteiger partial charge is 0.253 e. The second-order valence-corrected chi connectivity index (χ2v) is 9.16. The first-order valence-corrected chi connectivity index (χ1v) is 10.8. The zero-order valence-corrected chi connectivity index (χ0v) is 16.2. The highest BCUT2D eigenvalue weighted by atomic mass is 32.2. The van der Waals surface area contributed by atoms with Crippen molar-refractivity contribution in [3.05, 3.63) is 47.3 Å². The van der Waals surface area contributed by atoms with Crippen molar-refractivity contribution in [1.29, 1.82) is 0 Å². The highest BCUT2D eigenvalue weighted by molar-refractivity contribution is 7.91. The molecule has 0 saturated carbocycles. The predicted octanol–water partition coefficient (Wildman–Crippen LogP) is 2.27. The fourth-order valence-corrected chi connectivity index (χ4v) is 5.87. The minimum Gasteiger partial charge on any atom is -0.497 e. The quantitative estimate of drug-likeness (QED) is 0.782. The molecule has 2 aromatic rings. The summed E-state index contributed by atoms with van der Waals surface area (Å²) in [6.45, 7) is 0.837. The Morgan fingerprint density at radius 3 is 2.92 bits per heavy atom. The number of thiophene rings is 1. The Hall–Kier alpha value is -1.90. The van der Waals surface area contributed by atoms with Gasteiger partial charge in [0, 0.05) is 13.1 Å². The van der Waals surface area contributed by atoms with Crippen LogP contribution in [0.5, 0.6) is 5.75 Å². The van der Waals surface area contributed by atoms with Crippen molar-refractivity contribution in [3.63, 3.8) is 0 Å². The maximum absolute atomic E-state index is 12.7. The van der Waals surface area contributed by atoms with E-state index in [1.165, 1.54) is 15.6 Å². The molecule has 0 spiro atoms. The molecule has 6 nitrogen and oxygen atoms in total. The molecule has 1 aromatic heterocycles. The van der Waals surface area contributed by atoms with Gasteiger partial charge in [-0.3, -0.25) is 4.79 Å². The van der Waals surface area contributed by atoms with E-state index in [0.717, 1.165) is 11.3 Å². The topological polar surface area (TPSA) is 75.7 Å². The van der Waals surface area contributed by atoms with Crippen molar-refractivity contribution in [1.82, 2.24) is 9.62 Å². The Kier molecular flexibility index (Phi) is 5.95. The van der Waals surface area contributed by atoms with E-state index in [2.05, 4.69) is 5.32 Å². The molecule has 1 fully saturated rings. The molecule has 8 heteroatoms. The molecule has 1 atom stereocenters. The normalized spacial score (nSPS) is 18.0. The van der Waals surface area contributed by atoms with Crippen LogP contribution in [-0.2, 0) is 21.2 Å². The van der Waals surface area contributed by atoms with Crippen LogP contribution in [-0.4, -0.2) is 44.9 Å². The van der Waals surface area contributed by atoms with Crippen LogP contribution in [0, 0.1) is 0 Å². The standard InChI is InChI=1S/C18H22N2O4S2/c1-24-15-6-2-5-14(13-15)9-10-19-18(21)16-7-3-11-20(16)26(22,23)17-8-4-12-25-17/h2,4-6,8,12-13,16H,3,7,9-11H2,1H3,(H,19,21). The number of rotatable bonds is 7. The van der Waals surface area contributed by atoms with E-state index >= 15 is 0 Å². The van der Waals surface area contributed by atoms with Gasteiger partial charge in [0.05, 0.1) is 7.11 Å². The number of carbonyl (C=O) groups excluding carboxylic acids is 1. The lowest BCUT2D eigenvalue weighted by Gasteiger charge is -2.22. The van der Waals surface area contributed by atoms with Gasteiger partial charge >= 0.3 is 0 Å². The van der Waals surface area contributed by atoms with E-state index in [-0.39, 0.29) is 10.1 Å². The number of hydrogen-bond acceptors (Lipinski definition) is 5. The van der Waals surface area contributed by atoms with Crippen LogP contribution in [0.15, 0.2) is 46.0 Å². The predicted molar refractivity (Wildman–Crippen MR) is 101 cm³/mol. The Bertz CT molecular complexity index is 850. The minimum absolute atomic E-state index is 0.231. The fraction of sp³-hybridized carbons (Fsp3) is 0.389. The van der Waals surface area contributed by atoms with Crippen molar-refractivity contribution in [2.45, 2.75) is 29.5 Å². The van der Waals surface area contributed by atoms with E-state index in [4.69, 9.17) is 4.74 Å². The largest absolute Gasteiger partial charge is 0.497 e. The van der Waals surface area contributed by atoms with Crippen molar-refractivity contribution in [2.24, 2.45) is 0 Å². The van der Waals surface area contributed by atoms with Crippen LogP contribution in [0.3, 0.4) is 0 Å². The molecule has 1 aromatic carbocycles. The Morgan fingerprint density at radius 1 is 1.35 bits per heavy atom. The Morgan fingerprint density at radius 2 is 2.19 bits per heavy atom. The van der Waals surface area contributed by atoms with E-state index in [1.807, 2.05) is 24.3 Å². The molecule has 1 saturated heterocycles. The molecule has 1 N–H and O–H groups in total. The van der Waals surface area contributed by atoms with E-state index in [0.29, 0.717) is 32.4 Å². The summed E-state index contributed by atoms with van der Waals surface area (Å²) in [5.41, 5.74) is 1.05. The number of amides is 1. The molecule has 0 aliphatic carbocycles. The maximum atomic E-state index is 12.7. The lowest BCUT2D eigenvalue weighted by molar-refractivity contribution is -0.124. The molecule has 1 aliphatic rings. The molecule has 140 valence electrons. The molecular weight excluding hydrogens is 372 g/mol. The molecule has 3 rings (SSSR count). The summed E-state index contributed by atoms with van der Waals surface area (Å²) in [7, 11) is -1.99. The molecule has 1 unspecified atom stereocenters. The number of hydrogen-bond donors (Lipinski definition) is 1. The van der Waals surface area contributed by atoms with E-state index in [9.17, 15) is 13.2 Å². The first-order valence-electron chi connectivity index (χ1n) is 8.48. The van der Waals surface area contributed by atoms with Crippen LogP contribution in [0.4, 0.5) is 0 Å². The zero-order chi connectivity index (χ0) is 18.6. The van der Waals surface area contributed by atoms with Gasteiger partial charge in [-0.25, -0.2) is 8.42 Å². The summed E-state index contributed by atoms with van der Waals surface area (Å²) in [6.07, 6.45) is 1.90. The van der Waals surface area contributed by atoms with Gasteiger partial charge in [-0.05, 0) is 48.4 Å². The van der Waals surface area contributed by atoms with Crippen molar-refractivity contribution < 1.29 is 17.9 Å². The number of methoxy groups -OCH3 is 1. The Labute approximate surface area is 157 Å². The third-order valence-corrected chi connectivity index (χ3v) is 7.69. The minimum atomic E-state index is -3.60. The summed E-state index contributed by atoms with van der Waals surface area (Å²) in [5.74, 6) is 0.545. The lowest BCUT2D eigenvalue weighted by Crippen LogP contribution is -2.46. The van der Waals surface area contributed by atoms with Crippen molar-refractivity contribution in [2.75, 3.05) is 20.2 Å². The monoisotopic (exact) mass is 394 g/mol. The van der Waals surface area contributed by atoms with Gasteiger partial charge < -0.3 is 10.1 Å². The zero-order valence-electron chi connectivity index (χ0n) is 14.6. The number of nitrogens with one attached hydrogen (secondary N) is 1. The summed E-state index contributed by atoms with van der Waals surface area (Å²) in [6, 6.07) is 10.3. The van der Waals surface area contributed by atoms with Gasteiger partial charge in [0.2, 0.25) is 5.91 Å². The van der Waals surface area contributed by atoms with Crippen LogP contribution >= 0.6 is 11.3 Å². The summed E-state index contributed by atoms with van der Waals surface area (Å²) in [4.78, 5) is 12.5.